The second-order valence-electron chi connectivity index (χ2n) is 5.48. The van der Waals surface area contributed by atoms with Gasteiger partial charge in [-0.1, -0.05) is 12.1 Å². The highest BCUT2D eigenvalue weighted by Gasteiger charge is 2.16. The molecule has 1 aliphatic rings. The second-order valence-corrected chi connectivity index (χ2v) is 5.48. The molecule has 0 spiro atoms. The van der Waals surface area contributed by atoms with Gasteiger partial charge in [-0.2, -0.15) is 0 Å². The molecule has 3 heteroatoms. The van der Waals surface area contributed by atoms with Crippen LogP contribution >= 0.6 is 0 Å². The maximum absolute atomic E-state index is 13.1. The van der Waals surface area contributed by atoms with Crippen molar-refractivity contribution in [3.8, 4) is 0 Å². The van der Waals surface area contributed by atoms with Gasteiger partial charge in [-0.05, 0) is 63.0 Å². The fraction of sp³-hybridized carbons (Fsp3) is 0.600. The fourth-order valence-corrected chi connectivity index (χ4v) is 2.68. The molecule has 1 N–H and O–H groups in total. The molecule has 18 heavy (non-hydrogen) atoms. The molecule has 1 fully saturated rings. The van der Waals surface area contributed by atoms with E-state index in [1.807, 2.05) is 19.1 Å². The van der Waals surface area contributed by atoms with E-state index in [-0.39, 0.29) is 5.82 Å². The summed E-state index contributed by atoms with van der Waals surface area (Å²) >= 11 is 0. The lowest BCUT2D eigenvalue weighted by molar-refractivity contribution is 0.206. The van der Waals surface area contributed by atoms with Crippen LogP contribution in [-0.4, -0.2) is 31.6 Å². The Morgan fingerprint density at radius 1 is 1.44 bits per heavy atom. The number of likely N-dealkylation sites (tertiary alicyclic amines) is 1. The molecular weight excluding hydrogens is 227 g/mol. The van der Waals surface area contributed by atoms with Crippen LogP contribution in [0, 0.1) is 18.7 Å². The number of rotatable bonds is 4. The van der Waals surface area contributed by atoms with E-state index in [0.717, 1.165) is 30.1 Å². The minimum Gasteiger partial charge on any atom is -0.312 e. The van der Waals surface area contributed by atoms with Gasteiger partial charge in [0.15, 0.2) is 0 Å². The van der Waals surface area contributed by atoms with Crippen molar-refractivity contribution in [3.63, 3.8) is 0 Å². The van der Waals surface area contributed by atoms with E-state index in [0.29, 0.717) is 0 Å². The van der Waals surface area contributed by atoms with Crippen LogP contribution < -0.4 is 5.32 Å². The number of nitrogens with zero attached hydrogens (tertiary/aromatic N) is 1. The molecule has 1 aromatic rings. The van der Waals surface area contributed by atoms with Crippen LogP contribution in [0.4, 0.5) is 4.39 Å². The Bertz CT molecular complexity index is 392. The molecule has 1 saturated heterocycles. The van der Waals surface area contributed by atoms with E-state index in [2.05, 4.69) is 17.3 Å². The first-order chi connectivity index (χ1) is 8.65. The third-order valence-corrected chi connectivity index (χ3v) is 3.71. The molecule has 1 atom stereocenters. The van der Waals surface area contributed by atoms with Gasteiger partial charge in [0.05, 0.1) is 0 Å². The predicted molar refractivity (Wildman–Crippen MR) is 73.1 cm³/mol. The predicted octanol–water partition coefficient (Wildman–Crippen LogP) is 2.57. The average molecular weight is 250 g/mol. The molecule has 1 unspecified atom stereocenters. The summed E-state index contributed by atoms with van der Waals surface area (Å²) in [5, 5.41) is 3.49. The molecule has 0 radical (unpaired) electrons. The van der Waals surface area contributed by atoms with Crippen LogP contribution in [0.2, 0.25) is 0 Å². The molecule has 1 aliphatic heterocycles. The first-order valence-corrected chi connectivity index (χ1v) is 6.79. The first kappa shape index (κ1) is 13.5. The van der Waals surface area contributed by atoms with Gasteiger partial charge in [-0.3, -0.25) is 0 Å². The number of halogens is 1. The fourth-order valence-electron chi connectivity index (χ4n) is 2.68. The number of aryl methyl sites for hydroxylation is 1. The topological polar surface area (TPSA) is 15.3 Å². The van der Waals surface area contributed by atoms with Gasteiger partial charge in [0.25, 0.3) is 0 Å². The van der Waals surface area contributed by atoms with Crippen LogP contribution in [0.5, 0.6) is 0 Å². The van der Waals surface area contributed by atoms with E-state index < -0.39 is 0 Å². The van der Waals surface area contributed by atoms with E-state index in [1.165, 1.54) is 25.9 Å². The summed E-state index contributed by atoms with van der Waals surface area (Å²) < 4.78 is 13.1. The highest BCUT2D eigenvalue weighted by Crippen LogP contribution is 2.14. The number of benzene rings is 1. The average Bonchev–Trinajstić information content (AvgIpc) is 2.34. The van der Waals surface area contributed by atoms with Gasteiger partial charge in [0.1, 0.15) is 5.82 Å². The Labute approximate surface area is 109 Å². The third kappa shape index (κ3) is 3.79. The van der Waals surface area contributed by atoms with Gasteiger partial charge >= 0.3 is 0 Å². The molecule has 2 nitrogen and oxygen atoms in total. The summed E-state index contributed by atoms with van der Waals surface area (Å²) in [6, 6.07) is 5.35. The van der Waals surface area contributed by atoms with Gasteiger partial charge in [0.2, 0.25) is 0 Å². The van der Waals surface area contributed by atoms with Crippen LogP contribution in [0.1, 0.15) is 24.0 Å². The molecule has 0 saturated carbocycles. The summed E-state index contributed by atoms with van der Waals surface area (Å²) in [6.45, 7) is 6.13. The second kappa shape index (κ2) is 6.30. The molecule has 0 amide bonds. The van der Waals surface area contributed by atoms with Crippen molar-refractivity contribution < 1.29 is 4.39 Å². The quantitative estimate of drug-likeness (QED) is 0.883. The van der Waals surface area contributed by atoms with Crippen LogP contribution in [0.15, 0.2) is 18.2 Å². The van der Waals surface area contributed by atoms with Crippen molar-refractivity contribution in [2.24, 2.45) is 5.92 Å². The maximum atomic E-state index is 13.1. The van der Waals surface area contributed by atoms with Crippen LogP contribution in [0.25, 0.3) is 0 Å². The Hall–Kier alpha value is -0.930. The largest absolute Gasteiger partial charge is 0.312 e. The number of nitrogens with one attached hydrogen (secondary N) is 1. The molecule has 100 valence electrons. The summed E-state index contributed by atoms with van der Waals surface area (Å²) in [4.78, 5) is 2.40. The van der Waals surface area contributed by atoms with Crippen LogP contribution in [0.3, 0.4) is 0 Å². The molecule has 0 aliphatic carbocycles. The van der Waals surface area contributed by atoms with Gasteiger partial charge in [-0.25, -0.2) is 4.39 Å². The van der Waals surface area contributed by atoms with Crippen molar-refractivity contribution in [2.45, 2.75) is 26.3 Å². The summed E-state index contributed by atoms with van der Waals surface area (Å²) in [6.07, 6.45) is 2.62. The Morgan fingerprint density at radius 3 is 3.00 bits per heavy atom. The molecule has 2 rings (SSSR count). The lowest BCUT2D eigenvalue weighted by Crippen LogP contribution is -2.37. The van der Waals surface area contributed by atoms with Crippen molar-refractivity contribution in [1.29, 1.82) is 0 Å². The van der Waals surface area contributed by atoms with Gasteiger partial charge in [-0.15, -0.1) is 0 Å². The van der Waals surface area contributed by atoms with E-state index in [4.69, 9.17) is 0 Å². The van der Waals surface area contributed by atoms with Crippen molar-refractivity contribution in [1.82, 2.24) is 10.2 Å². The number of piperidine rings is 1. The van der Waals surface area contributed by atoms with Gasteiger partial charge in [0, 0.05) is 13.1 Å². The zero-order chi connectivity index (χ0) is 13.0. The summed E-state index contributed by atoms with van der Waals surface area (Å²) in [5.41, 5.74) is 1.89. The summed E-state index contributed by atoms with van der Waals surface area (Å²) in [5.74, 6) is 0.637. The van der Waals surface area contributed by atoms with E-state index in [1.54, 1.807) is 6.07 Å². The zero-order valence-corrected chi connectivity index (χ0v) is 11.4. The Balaban J connectivity index is 1.76. The first-order valence-electron chi connectivity index (χ1n) is 6.79. The highest BCUT2D eigenvalue weighted by atomic mass is 19.1. The smallest absolute Gasteiger partial charge is 0.126 e. The van der Waals surface area contributed by atoms with E-state index >= 15 is 0 Å². The van der Waals surface area contributed by atoms with E-state index in [9.17, 15) is 4.39 Å². The maximum Gasteiger partial charge on any atom is 0.126 e. The number of hydrogen-bond donors (Lipinski definition) is 1. The Kier molecular flexibility index (Phi) is 4.72. The summed E-state index contributed by atoms with van der Waals surface area (Å²) in [7, 11) is 2.19. The SMILES string of the molecule is Cc1cc(CNCC2CCCN(C)C2)ccc1F. The molecule has 0 bridgehead atoms. The monoisotopic (exact) mass is 250 g/mol. The van der Waals surface area contributed by atoms with Crippen molar-refractivity contribution in [2.75, 3.05) is 26.7 Å². The standard InChI is InChI=1S/C15H23FN2/c1-12-8-13(5-6-15(12)16)9-17-10-14-4-3-7-18(2)11-14/h5-6,8,14,17H,3-4,7,9-11H2,1-2H3. The number of hydrogen-bond acceptors (Lipinski definition) is 2. The lowest BCUT2D eigenvalue weighted by Gasteiger charge is -2.29. The van der Waals surface area contributed by atoms with Crippen LogP contribution in [-0.2, 0) is 6.54 Å². The van der Waals surface area contributed by atoms with Crippen molar-refractivity contribution >= 4 is 0 Å². The lowest BCUT2D eigenvalue weighted by atomic mass is 9.98. The minimum atomic E-state index is -0.118. The zero-order valence-electron chi connectivity index (χ0n) is 11.4. The molecular formula is C15H23FN2. The normalized spacial score (nSPS) is 21.2. The van der Waals surface area contributed by atoms with Crippen molar-refractivity contribution in [3.05, 3.63) is 35.1 Å². The molecule has 1 aromatic carbocycles. The third-order valence-electron chi connectivity index (χ3n) is 3.71. The Morgan fingerprint density at radius 2 is 2.28 bits per heavy atom. The minimum absolute atomic E-state index is 0.118. The van der Waals surface area contributed by atoms with Gasteiger partial charge < -0.3 is 10.2 Å². The highest BCUT2D eigenvalue weighted by molar-refractivity contribution is 5.23. The molecule has 0 aromatic heterocycles. The molecule has 1 heterocycles.